The predicted octanol–water partition coefficient (Wildman–Crippen LogP) is 5.21. The molecule has 3 aromatic carbocycles. The highest BCUT2D eigenvalue weighted by atomic mass is 79.9. The summed E-state index contributed by atoms with van der Waals surface area (Å²) in [4.78, 5) is 27.1. The molecular weight excluding hydrogens is 437 g/mol. The molecule has 1 N–H and O–H groups in total. The number of anilines is 1. The van der Waals surface area contributed by atoms with Gasteiger partial charge in [-0.25, -0.2) is 4.39 Å². The second-order valence-corrected chi connectivity index (χ2v) is 7.48. The van der Waals surface area contributed by atoms with Gasteiger partial charge < -0.3 is 5.11 Å². The van der Waals surface area contributed by atoms with Crippen LogP contribution in [-0.4, -0.2) is 16.8 Å². The third kappa shape index (κ3) is 3.47. The van der Waals surface area contributed by atoms with Crippen LogP contribution >= 0.6 is 15.9 Å². The van der Waals surface area contributed by atoms with E-state index >= 15 is 0 Å². The highest BCUT2D eigenvalue weighted by Gasteiger charge is 2.46. The average Bonchev–Trinajstić information content (AvgIpc) is 2.99. The molecule has 0 aromatic heterocycles. The van der Waals surface area contributed by atoms with Crippen LogP contribution in [0.2, 0.25) is 0 Å². The summed E-state index contributed by atoms with van der Waals surface area (Å²) in [6, 6.07) is 20.3. The van der Waals surface area contributed by atoms with Crippen molar-refractivity contribution in [3.63, 3.8) is 0 Å². The maximum Gasteiger partial charge on any atom is 0.300 e. The highest BCUT2D eigenvalue weighted by molar-refractivity contribution is 9.10. The van der Waals surface area contributed by atoms with Crippen molar-refractivity contribution in [2.75, 3.05) is 4.90 Å². The van der Waals surface area contributed by atoms with Crippen LogP contribution in [0.25, 0.3) is 5.76 Å². The minimum absolute atomic E-state index is 0.0345. The smallest absolute Gasteiger partial charge is 0.300 e. The molecule has 1 saturated heterocycles. The van der Waals surface area contributed by atoms with Crippen molar-refractivity contribution in [3.8, 4) is 0 Å². The van der Waals surface area contributed by atoms with Gasteiger partial charge in [-0.3, -0.25) is 14.5 Å². The Morgan fingerprint density at radius 2 is 1.62 bits per heavy atom. The van der Waals surface area contributed by atoms with Crippen LogP contribution in [0.5, 0.6) is 0 Å². The first-order valence-corrected chi connectivity index (χ1v) is 9.64. The van der Waals surface area contributed by atoms with E-state index in [0.717, 1.165) is 4.47 Å². The minimum Gasteiger partial charge on any atom is -0.507 e. The summed E-state index contributed by atoms with van der Waals surface area (Å²) in [5.41, 5.74) is 1.25. The molecule has 3 aromatic rings. The van der Waals surface area contributed by atoms with Crippen molar-refractivity contribution in [1.82, 2.24) is 0 Å². The number of aliphatic hydroxyl groups is 1. The average molecular weight is 452 g/mol. The molecule has 0 bridgehead atoms. The van der Waals surface area contributed by atoms with E-state index < -0.39 is 23.5 Å². The molecular formula is C23H15BrFNO3. The Kier molecular flexibility index (Phi) is 5.03. The van der Waals surface area contributed by atoms with E-state index in [0.29, 0.717) is 11.1 Å². The number of Topliss-reactive ketones (excluding diaryl/α,β-unsaturated/α-hetero) is 1. The van der Waals surface area contributed by atoms with Crippen molar-refractivity contribution < 1.29 is 19.1 Å². The summed E-state index contributed by atoms with van der Waals surface area (Å²) in [6.45, 7) is 0. The Balaban J connectivity index is 1.94. The number of benzene rings is 3. The van der Waals surface area contributed by atoms with Crippen molar-refractivity contribution in [3.05, 3.63) is 106 Å². The summed E-state index contributed by atoms with van der Waals surface area (Å²) >= 11 is 3.33. The number of nitrogens with zero attached hydrogens (tertiary/aromatic N) is 1. The fourth-order valence-electron chi connectivity index (χ4n) is 3.44. The molecule has 1 fully saturated rings. The molecule has 1 aliphatic heterocycles. The number of ketones is 1. The third-order valence-electron chi connectivity index (χ3n) is 4.76. The molecule has 4 nitrogen and oxygen atoms in total. The van der Waals surface area contributed by atoms with E-state index in [1.807, 2.05) is 6.07 Å². The number of rotatable bonds is 3. The van der Waals surface area contributed by atoms with Gasteiger partial charge in [0.25, 0.3) is 11.7 Å². The molecule has 1 heterocycles. The topological polar surface area (TPSA) is 57.6 Å². The van der Waals surface area contributed by atoms with Crippen molar-refractivity contribution in [2.45, 2.75) is 6.04 Å². The van der Waals surface area contributed by atoms with Gasteiger partial charge in [-0.2, -0.15) is 0 Å². The number of halogens is 2. The Morgan fingerprint density at radius 3 is 2.28 bits per heavy atom. The molecule has 1 aliphatic rings. The van der Waals surface area contributed by atoms with E-state index in [1.54, 1.807) is 54.6 Å². The second-order valence-electron chi connectivity index (χ2n) is 6.57. The highest BCUT2D eigenvalue weighted by Crippen LogP contribution is 2.42. The lowest BCUT2D eigenvalue weighted by Crippen LogP contribution is -2.29. The number of amides is 1. The predicted molar refractivity (Wildman–Crippen MR) is 112 cm³/mol. The molecule has 0 radical (unpaired) electrons. The Bertz CT molecular complexity index is 1130. The van der Waals surface area contributed by atoms with Gasteiger partial charge in [0.15, 0.2) is 0 Å². The normalized spacial score (nSPS) is 18.3. The zero-order valence-electron chi connectivity index (χ0n) is 15.0. The van der Waals surface area contributed by atoms with Crippen molar-refractivity contribution >= 4 is 39.1 Å². The quantitative estimate of drug-likeness (QED) is 0.337. The van der Waals surface area contributed by atoms with E-state index in [9.17, 15) is 19.1 Å². The molecule has 1 atom stereocenters. The molecule has 0 saturated carbocycles. The molecule has 29 heavy (non-hydrogen) atoms. The first-order chi connectivity index (χ1) is 14.0. The van der Waals surface area contributed by atoms with Gasteiger partial charge in [0.2, 0.25) is 0 Å². The van der Waals surface area contributed by atoms with E-state index in [2.05, 4.69) is 15.9 Å². The fraction of sp³-hybridized carbons (Fsp3) is 0.0435. The van der Waals surface area contributed by atoms with E-state index in [4.69, 9.17) is 0 Å². The van der Waals surface area contributed by atoms with Gasteiger partial charge in [-0.1, -0.05) is 64.5 Å². The molecule has 144 valence electrons. The number of carbonyl (C=O) groups is 2. The largest absolute Gasteiger partial charge is 0.507 e. The fourth-order valence-corrected chi connectivity index (χ4v) is 3.70. The van der Waals surface area contributed by atoms with Crippen LogP contribution in [0.4, 0.5) is 10.1 Å². The molecule has 1 amide bonds. The minimum atomic E-state index is -0.873. The lowest BCUT2D eigenvalue weighted by atomic mass is 9.95. The monoisotopic (exact) mass is 451 g/mol. The maximum absolute atomic E-state index is 13.8. The summed E-state index contributed by atoms with van der Waals surface area (Å²) in [6.07, 6.45) is 0. The second kappa shape index (κ2) is 7.64. The van der Waals surface area contributed by atoms with E-state index in [-0.39, 0.29) is 17.0 Å². The number of carbonyl (C=O) groups excluding carboxylic acids is 2. The van der Waals surface area contributed by atoms with Crippen LogP contribution in [0.1, 0.15) is 17.2 Å². The van der Waals surface area contributed by atoms with Gasteiger partial charge in [-0.05, 0) is 35.9 Å². The Hall–Kier alpha value is -3.25. The molecule has 6 heteroatoms. The van der Waals surface area contributed by atoms with Gasteiger partial charge in [0.05, 0.1) is 11.6 Å². The SMILES string of the molecule is O=C1C(=O)N(c2cccc(F)c2)C(c2ccccc2)/C1=C(\O)c1ccc(Br)cc1. The molecule has 1 unspecified atom stereocenters. The van der Waals surface area contributed by atoms with Crippen LogP contribution in [0, 0.1) is 5.82 Å². The zero-order chi connectivity index (χ0) is 20.5. The van der Waals surface area contributed by atoms with Crippen LogP contribution in [-0.2, 0) is 9.59 Å². The van der Waals surface area contributed by atoms with Crippen LogP contribution < -0.4 is 4.90 Å². The molecule has 4 rings (SSSR count). The number of hydrogen-bond acceptors (Lipinski definition) is 3. The zero-order valence-corrected chi connectivity index (χ0v) is 16.6. The first kappa shape index (κ1) is 19.1. The third-order valence-corrected chi connectivity index (χ3v) is 5.29. The first-order valence-electron chi connectivity index (χ1n) is 8.85. The molecule has 0 spiro atoms. The Labute approximate surface area is 175 Å². The van der Waals surface area contributed by atoms with Crippen molar-refractivity contribution in [2.24, 2.45) is 0 Å². The number of hydrogen-bond donors (Lipinski definition) is 1. The van der Waals surface area contributed by atoms with Gasteiger partial charge >= 0.3 is 0 Å². The van der Waals surface area contributed by atoms with Gasteiger partial charge in [0, 0.05) is 15.7 Å². The van der Waals surface area contributed by atoms with Gasteiger partial charge in [-0.15, -0.1) is 0 Å². The van der Waals surface area contributed by atoms with Crippen LogP contribution in [0.15, 0.2) is 88.9 Å². The Morgan fingerprint density at radius 1 is 0.931 bits per heavy atom. The van der Waals surface area contributed by atoms with Crippen molar-refractivity contribution in [1.29, 1.82) is 0 Å². The maximum atomic E-state index is 13.8. The van der Waals surface area contributed by atoms with E-state index in [1.165, 1.54) is 23.1 Å². The van der Waals surface area contributed by atoms with Gasteiger partial charge in [0.1, 0.15) is 11.6 Å². The standard InChI is InChI=1S/C23H15BrFNO3/c24-16-11-9-15(10-12-16)21(27)19-20(14-5-2-1-3-6-14)26(23(29)22(19)28)18-8-4-7-17(25)13-18/h1-13,20,27H/b21-19+. The lowest BCUT2D eigenvalue weighted by molar-refractivity contribution is -0.132. The molecule has 0 aliphatic carbocycles. The summed E-state index contributed by atoms with van der Waals surface area (Å²) in [7, 11) is 0. The van der Waals surface area contributed by atoms with Crippen LogP contribution in [0.3, 0.4) is 0 Å². The summed E-state index contributed by atoms with van der Waals surface area (Å²) in [5, 5.41) is 10.9. The number of aliphatic hydroxyl groups excluding tert-OH is 1. The summed E-state index contributed by atoms with van der Waals surface area (Å²) in [5.74, 6) is -2.43. The lowest BCUT2D eigenvalue weighted by Gasteiger charge is -2.25. The summed E-state index contributed by atoms with van der Waals surface area (Å²) < 4.78 is 14.7.